The Balaban J connectivity index is 2.17. The standard InChI is InChI=1S/C20H28O2/c1-7-14(2)16-8-9-18-13-19(11-10-17(18)12-16)21-15(3)22-20(4,5)6/h8-15H,7H2,1-6H3. The minimum atomic E-state index is -0.267. The summed E-state index contributed by atoms with van der Waals surface area (Å²) in [5.41, 5.74) is 1.19. The Labute approximate surface area is 134 Å². The van der Waals surface area contributed by atoms with Gasteiger partial charge in [0.15, 0.2) is 6.29 Å². The van der Waals surface area contributed by atoms with Crippen LogP contribution in [-0.4, -0.2) is 11.9 Å². The largest absolute Gasteiger partial charge is 0.465 e. The Morgan fingerprint density at radius 1 is 0.955 bits per heavy atom. The number of fused-ring (bicyclic) bond motifs is 1. The second-order valence-electron chi connectivity index (χ2n) is 6.99. The average molecular weight is 300 g/mol. The first-order chi connectivity index (χ1) is 10.3. The lowest BCUT2D eigenvalue weighted by Gasteiger charge is -2.25. The zero-order chi connectivity index (χ0) is 16.3. The second-order valence-corrected chi connectivity index (χ2v) is 6.99. The highest BCUT2D eigenvalue weighted by Crippen LogP contribution is 2.27. The number of ether oxygens (including phenoxy) is 2. The molecule has 0 aliphatic heterocycles. The maximum Gasteiger partial charge on any atom is 0.197 e. The quantitative estimate of drug-likeness (QED) is 0.641. The van der Waals surface area contributed by atoms with E-state index in [0.717, 1.165) is 12.2 Å². The summed E-state index contributed by atoms with van der Waals surface area (Å²) in [4.78, 5) is 0. The van der Waals surface area contributed by atoms with Crippen molar-refractivity contribution in [3.05, 3.63) is 42.0 Å². The molecule has 2 atom stereocenters. The van der Waals surface area contributed by atoms with Crippen molar-refractivity contribution >= 4 is 10.8 Å². The third kappa shape index (κ3) is 4.48. The van der Waals surface area contributed by atoms with Gasteiger partial charge < -0.3 is 9.47 Å². The number of rotatable bonds is 5. The van der Waals surface area contributed by atoms with Gasteiger partial charge in [0.25, 0.3) is 0 Å². The van der Waals surface area contributed by atoms with Gasteiger partial charge in [0.2, 0.25) is 0 Å². The lowest BCUT2D eigenvalue weighted by molar-refractivity contribution is -0.140. The monoisotopic (exact) mass is 300 g/mol. The van der Waals surface area contributed by atoms with Gasteiger partial charge in [-0.3, -0.25) is 0 Å². The first-order valence-corrected chi connectivity index (χ1v) is 8.16. The van der Waals surface area contributed by atoms with Crippen LogP contribution in [0.25, 0.3) is 10.8 Å². The van der Waals surface area contributed by atoms with Gasteiger partial charge in [-0.1, -0.05) is 38.1 Å². The minimum absolute atomic E-state index is 0.207. The number of hydrogen-bond donors (Lipinski definition) is 0. The molecule has 0 amide bonds. The van der Waals surface area contributed by atoms with Crippen molar-refractivity contribution in [2.45, 2.75) is 65.8 Å². The van der Waals surface area contributed by atoms with E-state index < -0.39 is 0 Å². The Morgan fingerprint density at radius 3 is 2.23 bits per heavy atom. The fourth-order valence-corrected chi connectivity index (χ4v) is 2.57. The van der Waals surface area contributed by atoms with Crippen LogP contribution >= 0.6 is 0 Å². The molecule has 0 aromatic heterocycles. The molecule has 0 spiro atoms. The topological polar surface area (TPSA) is 18.5 Å². The van der Waals surface area contributed by atoms with Crippen LogP contribution in [0.3, 0.4) is 0 Å². The molecule has 2 aromatic carbocycles. The first kappa shape index (κ1) is 16.8. The lowest BCUT2D eigenvalue weighted by atomic mass is 9.96. The molecule has 0 aliphatic carbocycles. The van der Waals surface area contributed by atoms with Crippen molar-refractivity contribution in [3.8, 4) is 5.75 Å². The summed E-state index contributed by atoms with van der Waals surface area (Å²) in [6.07, 6.45) is 0.894. The average Bonchev–Trinajstić information content (AvgIpc) is 2.43. The van der Waals surface area contributed by atoms with E-state index in [-0.39, 0.29) is 11.9 Å². The summed E-state index contributed by atoms with van der Waals surface area (Å²) in [6.45, 7) is 12.5. The van der Waals surface area contributed by atoms with Crippen molar-refractivity contribution in [1.29, 1.82) is 0 Å². The lowest BCUT2D eigenvalue weighted by Crippen LogP contribution is -2.29. The molecule has 2 unspecified atom stereocenters. The van der Waals surface area contributed by atoms with Gasteiger partial charge in [-0.25, -0.2) is 0 Å². The summed E-state index contributed by atoms with van der Waals surface area (Å²) in [5.74, 6) is 1.45. The zero-order valence-electron chi connectivity index (χ0n) is 14.6. The summed E-state index contributed by atoms with van der Waals surface area (Å²) in [6, 6.07) is 12.9. The molecule has 2 heteroatoms. The molecule has 120 valence electrons. The van der Waals surface area contributed by atoms with E-state index in [9.17, 15) is 0 Å². The van der Waals surface area contributed by atoms with Crippen LogP contribution in [0.15, 0.2) is 36.4 Å². The highest BCUT2D eigenvalue weighted by Gasteiger charge is 2.16. The van der Waals surface area contributed by atoms with Gasteiger partial charge in [-0.15, -0.1) is 0 Å². The number of benzene rings is 2. The molecule has 2 aromatic rings. The van der Waals surface area contributed by atoms with Crippen LogP contribution in [0.4, 0.5) is 0 Å². The Hall–Kier alpha value is -1.54. The molecule has 0 saturated heterocycles. The second kappa shape index (κ2) is 6.70. The predicted octanol–water partition coefficient (Wildman–Crippen LogP) is 5.89. The van der Waals surface area contributed by atoms with Crippen LogP contribution in [0.1, 0.15) is 59.4 Å². The van der Waals surface area contributed by atoms with Crippen molar-refractivity contribution in [3.63, 3.8) is 0 Å². The van der Waals surface area contributed by atoms with Gasteiger partial charge in [0.05, 0.1) is 5.60 Å². The van der Waals surface area contributed by atoms with E-state index >= 15 is 0 Å². The molecule has 0 heterocycles. The third-order valence-corrected chi connectivity index (χ3v) is 3.84. The summed E-state index contributed by atoms with van der Waals surface area (Å²) in [7, 11) is 0. The molecule has 2 nitrogen and oxygen atoms in total. The van der Waals surface area contributed by atoms with E-state index in [1.807, 2.05) is 33.8 Å². The molecule has 22 heavy (non-hydrogen) atoms. The van der Waals surface area contributed by atoms with E-state index in [4.69, 9.17) is 9.47 Å². The zero-order valence-corrected chi connectivity index (χ0v) is 14.6. The molecule has 2 rings (SSSR count). The fraction of sp³-hybridized carbons (Fsp3) is 0.500. The van der Waals surface area contributed by atoms with Gasteiger partial charge in [-0.05, 0) is 68.5 Å². The van der Waals surface area contributed by atoms with Gasteiger partial charge in [-0.2, -0.15) is 0 Å². The molecule has 0 N–H and O–H groups in total. The van der Waals surface area contributed by atoms with Crippen LogP contribution in [0.5, 0.6) is 5.75 Å². The molecular weight excluding hydrogens is 272 g/mol. The molecule has 0 bridgehead atoms. The van der Waals surface area contributed by atoms with Crippen molar-refractivity contribution in [1.82, 2.24) is 0 Å². The smallest absolute Gasteiger partial charge is 0.197 e. The van der Waals surface area contributed by atoms with Gasteiger partial charge in [0.1, 0.15) is 5.75 Å². The van der Waals surface area contributed by atoms with E-state index in [1.165, 1.54) is 16.3 Å². The SMILES string of the molecule is CCC(C)c1ccc2cc(OC(C)OC(C)(C)C)ccc2c1. The summed E-state index contributed by atoms with van der Waals surface area (Å²) < 4.78 is 11.7. The van der Waals surface area contributed by atoms with Crippen molar-refractivity contribution < 1.29 is 9.47 Å². The maximum atomic E-state index is 5.88. The van der Waals surface area contributed by atoms with Crippen LogP contribution < -0.4 is 4.74 Å². The highest BCUT2D eigenvalue weighted by atomic mass is 16.7. The Bertz CT molecular complexity index is 625. The summed E-state index contributed by atoms with van der Waals surface area (Å²) >= 11 is 0. The predicted molar refractivity (Wildman–Crippen MR) is 93.6 cm³/mol. The minimum Gasteiger partial charge on any atom is -0.465 e. The van der Waals surface area contributed by atoms with E-state index in [0.29, 0.717) is 5.92 Å². The van der Waals surface area contributed by atoms with Gasteiger partial charge in [0, 0.05) is 0 Å². The highest BCUT2D eigenvalue weighted by molar-refractivity contribution is 5.84. The van der Waals surface area contributed by atoms with Crippen LogP contribution in [0.2, 0.25) is 0 Å². The third-order valence-electron chi connectivity index (χ3n) is 3.84. The summed E-state index contributed by atoms with van der Waals surface area (Å²) in [5, 5.41) is 2.46. The number of hydrogen-bond acceptors (Lipinski definition) is 2. The fourth-order valence-electron chi connectivity index (χ4n) is 2.57. The molecule has 0 saturated carbocycles. The van der Waals surface area contributed by atoms with Gasteiger partial charge >= 0.3 is 0 Å². The molecule has 0 radical (unpaired) electrons. The van der Waals surface area contributed by atoms with Crippen LogP contribution in [-0.2, 0) is 4.74 Å². The molecule has 0 aliphatic rings. The molecular formula is C20H28O2. The molecule has 0 fully saturated rings. The maximum absolute atomic E-state index is 5.88. The van der Waals surface area contributed by atoms with E-state index in [2.05, 4.69) is 44.2 Å². The first-order valence-electron chi connectivity index (χ1n) is 8.16. The van der Waals surface area contributed by atoms with E-state index in [1.54, 1.807) is 0 Å². The van der Waals surface area contributed by atoms with Crippen molar-refractivity contribution in [2.24, 2.45) is 0 Å². The normalized spacial score (nSPS) is 14.8. The Kier molecular flexibility index (Phi) is 5.12. The Morgan fingerprint density at radius 2 is 1.59 bits per heavy atom. The van der Waals surface area contributed by atoms with Crippen LogP contribution in [0, 0.1) is 0 Å². The van der Waals surface area contributed by atoms with Crippen molar-refractivity contribution in [2.75, 3.05) is 0 Å².